The van der Waals surface area contributed by atoms with Gasteiger partial charge in [-0.25, -0.2) is 4.98 Å². The number of aromatic nitrogens is 2. The first kappa shape index (κ1) is 18.8. The van der Waals surface area contributed by atoms with Gasteiger partial charge in [0.25, 0.3) is 0 Å². The van der Waals surface area contributed by atoms with E-state index in [1.807, 2.05) is 30.3 Å². The second-order valence-corrected chi connectivity index (χ2v) is 7.80. The summed E-state index contributed by atoms with van der Waals surface area (Å²) in [6.07, 6.45) is 1.85. The molecule has 27 heavy (non-hydrogen) atoms. The van der Waals surface area contributed by atoms with Crippen molar-refractivity contribution in [2.24, 2.45) is 0 Å². The van der Waals surface area contributed by atoms with Crippen LogP contribution in [0.1, 0.15) is 17.8 Å². The van der Waals surface area contributed by atoms with Crippen LogP contribution in [-0.4, -0.2) is 47.3 Å². The van der Waals surface area contributed by atoms with Crippen molar-refractivity contribution in [3.63, 3.8) is 0 Å². The number of halogens is 2. The number of aryl methyl sites for hydroxylation is 1. The van der Waals surface area contributed by atoms with E-state index in [1.54, 1.807) is 0 Å². The number of rotatable bonds is 6. The summed E-state index contributed by atoms with van der Waals surface area (Å²) < 4.78 is 7.75. The summed E-state index contributed by atoms with van der Waals surface area (Å²) >= 11 is 12.3. The van der Waals surface area contributed by atoms with Gasteiger partial charge in [-0.15, -0.1) is 0 Å². The molecule has 0 radical (unpaired) electrons. The van der Waals surface area contributed by atoms with Gasteiger partial charge >= 0.3 is 0 Å². The largest absolute Gasteiger partial charge is 0.379 e. The van der Waals surface area contributed by atoms with Crippen LogP contribution in [0.5, 0.6) is 0 Å². The molecule has 4 rings (SSSR count). The Morgan fingerprint density at radius 2 is 1.67 bits per heavy atom. The molecule has 1 saturated heterocycles. The fraction of sp³-hybridized carbons (Fsp3) is 0.381. The van der Waals surface area contributed by atoms with E-state index in [0.717, 1.165) is 79.1 Å². The molecule has 4 nitrogen and oxygen atoms in total. The third kappa shape index (κ3) is 4.64. The van der Waals surface area contributed by atoms with Crippen LogP contribution in [0.2, 0.25) is 10.0 Å². The monoisotopic (exact) mass is 403 g/mol. The number of morpholine rings is 1. The average Bonchev–Trinajstić information content (AvgIpc) is 3.01. The molecule has 1 fully saturated rings. The molecule has 0 unspecified atom stereocenters. The minimum Gasteiger partial charge on any atom is -0.379 e. The van der Waals surface area contributed by atoms with Crippen LogP contribution in [-0.2, 0) is 17.7 Å². The minimum absolute atomic E-state index is 0.745. The number of hydrogen-bond donors (Lipinski definition) is 0. The van der Waals surface area contributed by atoms with Crippen molar-refractivity contribution < 1.29 is 4.74 Å². The van der Waals surface area contributed by atoms with Crippen molar-refractivity contribution in [1.29, 1.82) is 0 Å². The van der Waals surface area contributed by atoms with E-state index in [-0.39, 0.29) is 0 Å². The molecular formula is C21H23Cl2N3O. The van der Waals surface area contributed by atoms with Crippen molar-refractivity contribution >= 4 is 34.2 Å². The van der Waals surface area contributed by atoms with Crippen LogP contribution in [0, 0.1) is 0 Å². The van der Waals surface area contributed by atoms with Gasteiger partial charge in [0.1, 0.15) is 5.82 Å². The van der Waals surface area contributed by atoms with Gasteiger partial charge in [0.2, 0.25) is 0 Å². The summed E-state index contributed by atoms with van der Waals surface area (Å²) in [6, 6.07) is 13.9. The highest BCUT2D eigenvalue weighted by Gasteiger charge is 2.14. The van der Waals surface area contributed by atoms with Crippen molar-refractivity contribution in [3.05, 3.63) is 63.9 Å². The van der Waals surface area contributed by atoms with Crippen LogP contribution < -0.4 is 0 Å². The molecule has 0 N–H and O–H groups in total. The Balaban J connectivity index is 1.55. The average molecular weight is 404 g/mol. The highest BCUT2D eigenvalue weighted by Crippen LogP contribution is 2.23. The van der Waals surface area contributed by atoms with Crippen molar-refractivity contribution in [1.82, 2.24) is 14.5 Å². The summed E-state index contributed by atoms with van der Waals surface area (Å²) in [7, 11) is 0. The topological polar surface area (TPSA) is 30.3 Å². The first-order valence-electron chi connectivity index (χ1n) is 9.38. The van der Waals surface area contributed by atoms with E-state index in [0.29, 0.717) is 0 Å². The molecule has 0 aliphatic carbocycles. The number of imidazole rings is 1. The molecule has 0 spiro atoms. The summed E-state index contributed by atoms with van der Waals surface area (Å²) in [4.78, 5) is 7.34. The lowest BCUT2D eigenvalue weighted by atomic mass is 10.1. The first-order chi connectivity index (χ1) is 13.2. The Hall–Kier alpha value is -1.59. The molecule has 2 aromatic carbocycles. The Labute approximate surface area is 169 Å². The van der Waals surface area contributed by atoms with Gasteiger partial charge in [-0.2, -0.15) is 0 Å². The van der Waals surface area contributed by atoms with Gasteiger partial charge in [0, 0.05) is 42.6 Å². The number of hydrogen-bond acceptors (Lipinski definition) is 3. The van der Waals surface area contributed by atoms with Gasteiger partial charge in [-0.05, 0) is 42.3 Å². The molecular weight excluding hydrogens is 381 g/mol. The minimum atomic E-state index is 0.745. The number of benzene rings is 2. The molecule has 3 aromatic rings. The Bertz CT molecular complexity index is 902. The lowest BCUT2D eigenvalue weighted by Gasteiger charge is -2.26. The lowest BCUT2D eigenvalue weighted by Crippen LogP contribution is -2.37. The third-order valence-corrected chi connectivity index (χ3v) is 5.51. The summed E-state index contributed by atoms with van der Waals surface area (Å²) in [5, 5.41) is 1.50. The summed E-state index contributed by atoms with van der Waals surface area (Å²) in [6.45, 7) is 5.72. The zero-order chi connectivity index (χ0) is 18.6. The van der Waals surface area contributed by atoms with E-state index in [4.69, 9.17) is 32.9 Å². The molecule has 1 aliphatic rings. The normalized spacial score (nSPS) is 15.5. The highest BCUT2D eigenvalue weighted by molar-refractivity contribution is 6.31. The van der Waals surface area contributed by atoms with Gasteiger partial charge in [0.05, 0.1) is 24.2 Å². The molecule has 1 aliphatic heterocycles. The standard InChI is InChI=1S/C21H23Cl2N3O/c22-17-4-2-16(3-5-17)14-21-24-19-7-6-18(23)15-20(19)26(21)9-1-8-25-10-12-27-13-11-25/h2-7,15H,1,8-14H2. The molecule has 2 heterocycles. The molecule has 0 amide bonds. The number of nitrogens with zero attached hydrogens (tertiary/aromatic N) is 3. The zero-order valence-corrected chi connectivity index (χ0v) is 16.7. The van der Waals surface area contributed by atoms with Gasteiger partial charge < -0.3 is 9.30 Å². The van der Waals surface area contributed by atoms with Crippen molar-refractivity contribution in [2.45, 2.75) is 19.4 Å². The van der Waals surface area contributed by atoms with Crippen molar-refractivity contribution in [2.75, 3.05) is 32.8 Å². The fourth-order valence-electron chi connectivity index (χ4n) is 3.59. The van der Waals surface area contributed by atoms with E-state index >= 15 is 0 Å². The van der Waals surface area contributed by atoms with E-state index in [9.17, 15) is 0 Å². The Morgan fingerprint density at radius 1 is 0.926 bits per heavy atom. The maximum Gasteiger partial charge on any atom is 0.114 e. The third-order valence-electron chi connectivity index (χ3n) is 5.02. The van der Waals surface area contributed by atoms with E-state index in [1.165, 1.54) is 5.56 Å². The molecule has 142 valence electrons. The van der Waals surface area contributed by atoms with Crippen molar-refractivity contribution in [3.8, 4) is 0 Å². The van der Waals surface area contributed by atoms with E-state index in [2.05, 4.69) is 21.6 Å². The fourth-order valence-corrected chi connectivity index (χ4v) is 3.88. The van der Waals surface area contributed by atoms with Crippen LogP contribution >= 0.6 is 23.2 Å². The van der Waals surface area contributed by atoms with E-state index < -0.39 is 0 Å². The predicted octanol–water partition coefficient (Wildman–Crippen LogP) is 4.66. The zero-order valence-electron chi connectivity index (χ0n) is 15.2. The molecule has 0 saturated carbocycles. The highest BCUT2D eigenvalue weighted by atomic mass is 35.5. The second kappa shape index (κ2) is 8.61. The second-order valence-electron chi connectivity index (χ2n) is 6.92. The quantitative estimate of drug-likeness (QED) is 0.599. The van der Waals surface area contributed by atoms with Gasteiger partial charge in [-0.3, -0.25) is 4.90 Å². The number of fused-ring (bicyclic) bond motifs is 1. The molecule has 1 aromatic heterocycles. The van der Waals surface area contributed by atoms with Crippen LogP contribution in [0.25, 0.3) is 11.0 Å². The van der Waals surface area contributed by atoms with Gasteiger partial charge in [0.15, 0.2) is 0 Å². The predicted molar refractivity (Wildman–Crippen MR) is 111 cm³/mol. The number of ether oxygens (including phenoxy) is 1. The molecule has 0 bridgehead atoms. The maximum absolute atomic E-state index is 6.26. The smallest absolute Gasteiger partial charge is 0.114 e. The maximum atomic E-state index is 6.26. The summed E-state index contributed by atoms with van der Waals surface area (Å²) in [5.74, 6) is 1.07. The Morgan fingerprint density at radius 3 is 2.44 bits per heavy atom. The van der Waals surface area contributed by atoms with Crippen LogP contribution in [0.4, 0.5) is 0 Å². The summed E-state index contributed by atoms with van der Waals surface area (Å²) in [5.41, 5.74) is 3.30. The van der Waals surface area contributed by atoms with Crippen LogP contribution in [0.15, 0.2) is 42.5 Å². The molecule has 6 heteroatoms. The SMILES string of the molecule is Clc1ccc(Cc2nc3ccc(Cl)cc3n2CCCN2CCOCC2)cc1. The first-order valence-corrected chi connectivity index (χ1v) is 10.1. The van der Waals surface area contributed by atoms with Gasteiger partial charge in [-0.1, -0.05) is 35.3 Å². The van der Waals surface area contributed by atoms with Crippen LogP contribution in [0.3, 0.4) is 0 Å². The Kier molecular flexibility index (Phi) is 5.98. The molecule has 0 atom stereocenters. The lowest BCUT2D eigenvalue weighted by molar-refractivity contribution is 0.0369.